The van der Waals surface area contributed by atoms with Crippen LogP contribution in [0.1, 0.15) is 22.1 Å². The largest absolute Gasteiger partial charge is 0.417 e. The Morgan fingerprint density at radius 1 is 1.09 bits per heavy atom. The molecule has 1 saturated heterocycles. The van der Waals surface area contributed by atoms with Crippen LogP contribution in [0.15, 0.2) is 46.9 Å². The van der Waals surface area contributed by atoms with Crippen LogP contribution in [0, 0.1) is 5.82 Å². The number of amides is 1. The molecule has 0 radical (unpaired) electrons. The number of piperazine rings is 1. The lowest BCUT2D eigenvalue weighted by Gasteiger charge is -2.36. The summed E-state index contributed by atoms with van der Waals surface area (Å²) in [5, 5.41) is 11.4. The van der Waals surface area contributed by atoms with Crippen LogP contribution in [0.25, 0.3) is 0 Å². The van der Waals surface area contributed by atoms with Crippen LogP contribution >= 0.6 is 23.2 Å². The molecular formula is C22H22Cl2FN5O2. The molecule has 32 heavy (non-hydrogen) atoms. The number of nitrogens with one attached hydrogen (secondary N) is 1. The number of hydrogen-bond donors (Lipinski definition) is 1. The van der Waals surface area contributed by atoms with Crippen molar-refractivity contribution in [2.24, 2.45) is 0 Å². The smallest absolute Gasteiger partial charge is 0.308 e. The van der Waals surface area contributed by atoms with E-state index in [0.717, 1.165) is 36.9 Å². The Kier molecular flexibility index (Phi) is 7.24. The van der Waals surface area contributed by atoms with Gasteiger partial charge in [0.2, 0.25) is 5.89 Å². The standard InChI is InChI=1S/C22H22Cl2FN5O2/c23-15-3-1-4-16(13-15)30-11-9-29(10-12-30)8-7-26-21(31)22-28-27-20(32-22)14-17-18(24)5-2-6-19(17)25/h1-6,13H,7-12,14H2,(H,26,31). The Balaban J connectivity index is 1.22. The van der Waals surface area contributed by atoms with Crippen molar-refractivity contribution in [3.63, 3.8) is 0 Å². The fourth-order valence-corrected chi connectivity index (χ4v) is 3.99. The molecule has 0 unspecified atom stereocenters. The molecule has 0 spiro atoms. The van der Waals surface area contributed by atoms with Crippen molar-refractivity contribution in [3.8, 4) is 0 Å². The number of nitrogens with zero attached hydrogens (tertiary/aromatic N) is 4. The van der Waals surface area contributed by atoms with E-state index in [1.54, 1.807) is 6.07 Å². The van der Waals surface area contributed by atoms with E-state index < -0.39 is 11.7 Å². The molecule has 1 aliphatic rings. The number of rotatable bonds is 7. The fourth-order valence-electron chi connectivity index (χ4n) is 3.57. The van der Waals surface area contributed by atoms with Gasteiger partial charge in [0, 0.05) is 60.6 Å². The summed E-state index contributed by atoms with van der Waals surface area (Å²) in [6.45, 7) is 4.71. The quantitative estimate of drug-likeness (QED) is 0.559. The van der Waals surface area contributed by atoms with Crippen LogP contribution in [-0.2, 0) is 6.42 Å². The number of carbonyl (C=O) groups excluding carboxylic acids is 1. The molecule has 0 atom stereocenters. The molecule has 10 heteroatoms. The summed E-state index contributed by atoms with van der Waals surface area (Å²) < 4.78 is 19.3. The van der Waals surface area contributed by atoms with E-state index in [9.17, 15) is 9.18 Å². The van der Waals surface area contributed by atoms with Crippen LogP contribution in [-0.4, -0.2) is 60.3 Å². The molecule has 0 aliphatic carbocycles. The lowest BCUT2D eigenvalue weighted by atomic mass is 10.1. The molecule has 1 N–H and O–H groups in total. The first-order chi connectivity index (χ1) is 15.5. The van der Waals surface area contributed by atoms with Crippen molar-refractivity contribution < 1.29 is 13.6 Å². The van der Waals surface area contributed by atoms with Gasteiger partial charge in [0.15, 0.2) is 0 Å². The Labute approximate surface area is 195 Å². The Bertz CT molecular complexity index is 1070. The molecule has 7 nitrogen and oxygen atoms in total. The number of hydrogen-bond acceptors (Lipinski definition) is 6. The van der Waals surface area contributed by atoms with E-state index in [4.69, 9.17) is 27.6 Å². The molecule has 4 rings (SSSR count). The lowest BCUT2D eigenvalue weighted by molar-refractivity contribution is 0.0911. The number of halogens is 3. The summed E-state index contributed by atoms with van der Waals surface area (Å²) in [6.07, 6.45) is 0.0166. The van der Waals surface area contributed by atoms with Crippen molar-refractivity contribution in [3.05, 3.63) is 75.7 Å². The predicted octanol–water partition coefficient (Wildman–Crippen LogP) is 3.66. The van der Waals surface area contributed by atoms with Crippen LogP contribution in [0.4, 0.5) is 10.1 Å². The summed E-state index contributed by atoms with van der Waals surface area (Å²) in [5.41, 5.74) is 1.37. The normalized spacial score (nSPS) is 14.5. The van der Waals surface area contributed by atoms with Gasteiger partial charge in [-0.05, 0) is 30.3 Å². The topological polar surface area (TPSA) is 74.5 Å². The first-order valence-electron chi connectivity index (χ1n) is 10.3. The van der Waals surface area contributed by atoms with Crippen molar-refractivity contribution >= 4 is 34.8 Å². The van der Waals surface area contributed by atoms with E-state index in [1.165, 1.54) is 12.1 Å². The van der Waals surface area contributed by atoms with E-state index in [1.807, 2.05) is 18.2 Å². The molecule has 2 aromatic carbocycles. The van der Waals surface area contributed by atoms with Gasteiger partial charge in [0.25, 0.3) is 0 Å². The molecule has 168 valence electrons. The van der Waals surface area contributed by atoms with Crippen LogP contribution < -0.4 is 10.2 Å². The molecule has 0 bridgehead atoms. The first kappa shape index (κ1) is 22.5. The Morgan fingerprint density at radius 3 is 2.62 bits per heavy atom. The second-order valence-corrected chi connectivity index (χ2v) is 8.29. The van der Waals surface area contributed by atoms with Crippen LogP contribution in [0.5, 0.6) is 0 Å². The van der Waals surface area contributed by atoms with Gasteiger partial charge >= 0.3 is 11.8 Å². The Morgan fingerprint density at radius 2 is 1.88 bits per heavy atom. The van der Waals surface area contributed by atoms with Gasteiger partial charge in [-0.1, -0.05) is 35.3 Å². The maximum Gasteiger partial charge on any atom is 0.308 e. The minimum absolute atomic E-state index is 0.0166. The van der Waals surface area contributed by atoms with Crippen LogP contribution in [0.2, 0.25) is 10.0 Å². The van der Waals surface area contributed by atoms with Crippen molar-refractivity contribution in [2.45, 2.75) is 6.42 Å². The van der Waals surface area contributed by atoms with Crippen molar-refractivity contribution in [1.29, 1.82) is 0 Å². The van der Waals surface area contributed by atoms with Gasteiger partial charge in [0.1, 0.15) is 5.82 Å². The monoisotopic (exact) mass is 477 g/mol. The van der Waals surface area contributed by atoms with Crippen molar-refractivity contribution in [1.82, 2.24) is 20.4 Å². The fraction of sp³-hybridized carbons (Fsp3) is 0.318. The van der Waals surface area contributed by atoms with Crippen LogP contribution in [0.3, 0.4) is 0 Å². The first-order valence-corrected chi connectivity index (χ1v) is 11.0. The number of carbonyl (C=O) groups is 1. The maximum atomic E-state index is 13.9. The zero-order chi connectivity index (χ0) is 22.5. The second kappa shape index (κ2) is 10.3. The third-order valence-corrected chi connectivity index (χ3v) is 5.90. The second-order valence-electron chi connectivity index (χ2n) is 7.44. The SMILES string of the molecule is O=C(NCCN1CCN(c2cccc(Cl)c2)CC1)c1nnc(Cc2c(F)cccc2Cl)o1. The van der Waals surface area contributed by atoms with E-state index >= 15 is 0 Å². The summed E-state index contributed by atoms with van der Waals surface area (Å²) in [5.74, 6) is -0.948. The summed E-state index contributed by atoms with van der Waals surface area (Å²) in [6, 6.07) is 12.2. The molecule has 1 aliphatic heterocycles. The highest BCUT2D eigenvalue weighted by Gasteiger charge is 2.19. The van der Waals surface area contributed by atoms with Gasteiger partial charge in [-0.2, -0.15) is 0 Å². The molecule has 1 aromatic heterocycles. The molecule has 1 amide bonds. The molecule has 2 heterocycles. The highest BCUT2D eigenvalue weighted by Crippen LogP contribution is 2.22. The minimum Gasteiger partial charge on any atom is -0.417 e. The number of benzene rings is 2. The molecule has 3 aromatic rings. The average molecular weight is 478 g/mol. The summed E-state index contributed by atoms with van der Waals surface area (Å²) in [4.78, 5) is 16.9. The van der Waals surface area contributed by atoms with E-state index in [2.05, 4.69) is 31.4 Å². The predicted molar refractivity (Wildman–Crippen MR) is 121 cm³/mol. The lowest BCUT2D eigenvalue weighted by Crippen LogP contribution is -2.48. The highest BCUT2D eigenvalue weighted by atomic mass is 35.5. The Hall–Kier alpha value is -2.68. The summed E-state index contributed by atoms with van der Waals surface area (Å²) in [7, 11) is 0. The van der Waals surface area contributed by atoms with Gasteiger partial charge < -0.3 is 14.6 Å². The van der Waals surface area contributed by atoms with E-state index in [0.29, 0.717) is 13.1 Å². The molecule has 1 fully saturated rings. The number of anilines is 1. The van der Waals surface area contributed by atoms with E-state index in [-0.39, 0.29) is 28.8 Å². The highest BCUT2D eigenvalue weighted by molar-refractivity contribution is 6.31. The maximum absolute atomic E-state index is 13.9. The summed E-state index contributed by atoms with van der Waals surface area (Å²) >= 11 is 12.1. The average Bonchev–Trinajstić information content (AvgIpc) is 3.26. The minimum atomic E-state index is -0.461. The van der Waals surface area contributed by atoms with Gasteiger partial charge in [-0.3, -0.25) is 9.69 Å². The zero-order valence-electron chi connectivity index (χ0n) is 17.2. The van der Waals surface area contributed by atoms with Gasteiger partial charge in [-0.25, -0.2) is 4.39 Å². The van der Waals surface area contributed by atoms with Gasteiger partial charge in [0.05, 0.1) is 6.42 Å². The third kappa shape index (κ3) is 5.56. The molecule has 0 saturated carbocycles. The van der Waals surface area contributed by atoms with Crippen molar-refractivity contribution in [2.75, 3.05) is 44.2 Å². The van der Waals surface area contributed by atoms with Gasteiger partial charge in [-0.15, -0.1) is 10.2 Å². The number of aromatic nitrogens is 2. The zero-order valence-corrected chi connectivity index (χ0v) is 18.7. The molecular weight excluding hydrogens is 456 g/mol. The third-order valence-electron chi connectivity index (χ3n) is 5.31.